The predicted octanol–water partition coefficient (Wildman–Crippen LogP) is 3.84. The summed E-state index contributed by atoms with van der Waals surface area (Å²) in [7, 11) is 0. The molecule has 0 bridgehead atoms. The Hall–Kier alpha value is -2.76. The van der Waals surface area contributed by atoms with Crippen molar-refractivity contribution in [1.82, 2.24) is 5.32 Å². The van der Waals surface area contributed by atoms with E-state index in [1.165, 1.54) is 12.5 Å². The van der Waals surface area contributed by atoms with E-state index in [0.29, 0.717) is 23.5 Å². The van der Waals surface area contributed by atoms with Gasteiger partial charge in [-0.1, -0.05) is 25.8 Å². The molecule has 0 fully saturated rings. The van der Waals surface area contributed by atoms with E-state index in [1.54, 1.807) is 30.3 Å². The van der Waals surface area contributed by atoms with Gasteiger partial charge in [-0.15, -0.1) is 0 Å². The van der Waals surface area contributed by atoms with E-state index < -0.39 is 0 Å². The smallest absolute Gasteiger partial charge is 0.319 e. The number of unbranched alkanes of at least 4 members (excludes halogenated alkanes) is 2. The van der Waals surface area contributed by atoms with E-state index in [4.69, 9.17) is 4.42 Å². The summed E-state index contributed by atoms with van der Waals surface area (Å²) < 4.78 is 4.88. The summed E-state index contributed by atoms with van der Waals surface area (Å²) >= 11 is 0. The molecule has 0 atom stereocenters. The van der Waals surface area contributed by atoms with Crippen molar-refractivity contribution in [3.8, 4) is 0 Å². The highest BCUT2D eigenvalue weighted by Crippen LogP contribution is 2.16. The zero-order valence-corrected chi connectivity index (χ0v) is 13.1. The lowest BCUT2D eigenvalue weighted by Crippen LogP contribution is -2.29. The van der Waals surface area contributed by atoms with Gasteiger partial charge in [-0.05, 0) is 30.7 Å². The topological polar surface area (TPSA) is 83.4 Å². The summed E-state index contributed by atoms with van der Waals surface area (Å²) in [5, 5.41) is 8.29. The van der Waals surface area contributed by atoms with Crippen LogP contribution in [0.15, 0.2) is 47.3 Å². The first-order chi connectivity index (χ1) is 11.2. The Bertz CT molecular complexity index is 638. The molecule has 0 saturated heterocycles. The highest BCUT2D eigenvalue weighted by atomic mass is 16.3. The van der Waals surface area contributed by atoms with Crippen molar-refractivity contribution < 1.29 is 14.0 Å². The number of carbonyl (C=O) groups excluding carboxylic acids is 2. The molecule has 0 aliphatic heterocycles. The number of benzene rings is 1. The van der Waals surface area contributed by atoms with Crippen molar-refractivity contribution in [2.24, 2.45) is 0 Å². The van der Waals surface area contributed by atoms with Crippen molar-refractivity contribution in [3.63, 3.8) is 0 Å². The largest absolute Gasteiger partial charge is 0.472 e. The summed E-state index contributed by atoms with van der Waals surface area (Å²) in [4.78, 5) is 23.7. The molecule has 1 heterocycles. The second-order valence-corrected chi connectivity index (χ2v) is 5.13. The second kappa shape index (κ2) is 8.63. The predicted molar refractivity (Wildman–Crippen MR) is 89.6 cm³/mol. The molecule has 6 nitrogen and oxygen atoms in total. The van der Waals surface area contributed by atoms with Crippen molar-refractivity contribution in [3.05, 3.63) is 48.4 Å². The molecular weight excluding hydrogens is 294 g/mol. The molecule has 0 aliphatic carbocycles. The number of hydrogen-bond donors (Lipinski definition) is 3. The molecule has 1 aromatic heterocycles. The number of rotatable bonds is 7. The number of nitrogens with one attached hydrogen (secondary N) is 3. The average Bonchev–Trinajstić information content (AvgIpc) is 3.06. The third-order valence-electron chi connectivity index (χ3n) is 3.23. The second-order valence-electron chi connectivity index (χ2n) is 5.13. The minimum absolute atomic E-state index is 0.251. The minimum Gasteiger partial charge on any atom is -0.472 e. The van der Waals surface area contributed by atoms with Gasteiger partial charge in [-0.25, -0.2) is 4.79 Å². The number of urea groups is 1. The number of anilines is 2. The van der Waals surface area contributed by atoms with Crippen LogP contribution in [0.3, 0.4) is 0 Å². The lowest BCUT2D eigenvalue weighted by Gasteiger charge is -2.09. The molecular formula is C17H21N3O3. The molecule has 2 aromatic rings. The van der Waals surface area contributed by atoms with E-state index in [9.17, 15) is 9.59 Å². The molecule has 6 heteroatoms. The van der Waals surface area contributed by atoms with Crippen LogP contribution < -0.4 is 16.0 Å². The maximum Gasteiger partial charge on any atom is 0.319 e. The maximum atomic E-state index is 11.9. The Morgan fingerprint density at radius 1 is 1.09 bits per heavy atom. The quantitative estimate of drug-likeness (QED) is 0.679. The summed E-state index contributed by atoms with van der Waals surface area (Å²) in [5.41, 5.74) is 1.65. The van der Waals surface area contributed by atoms with E-state index in [-0.39, 0.29) is 11.9 Å². The van der Waals surface area contributed by atoms with E-state index >= 15 is 0 Å². The van der Waals surface area contributed by atoms with Gasteiger partial charge in [0, 0.05) is 17.9 Å². The number of amides is 3. The zero-order chi connectivity index (χ0) is 16.5. The fourth-order valence-corrected chi connectivity index (χ4v) is 2.02. The number of hydrogen-bond acceptors (Lipinski definition) is 3. The number of carbonyl (C=O) groups is 2. The number of furan rings is 1. The monoisotopic (exact) mass is 315 g/mol. The highest BCUT2D eigenvalue weighted by Gasteiger charge is 2.08. The molecule has 0 spiro atoms. The van der Waals surface area contributed by atoms with Gasteiger partial charge in [-0.3, -0.25) is 4.79 Å². The molecule has 0 radical (unpaired) electrons. The van der Waals surface area contributed by atoms with Gasteiger partial charge in [0.15, 0.2) is 0 Å². The van der Waals surface area contributed by atoms with Gasteiger partial charge in [0.2, 0.25) is 0 Å². The Kier molecular flexibility index (Phi) is 6.23. The Morgan fingerprint density at radius 3 is 2.57 bits per heavy atom. The van der Waals surface area contributed by atoms with Crippen molar-refractivity contribution in [2.75, 3.05) is 17.2 Å². The van der Waals surface area contributed by atoms with Crippen LogP contribution in [0.4, 0.5) is 16.2 Å². The summed E-state index contributed by atoms with van der Waals surface area (Å²) in [5.74, 6) is -0.264. The van der Waals surface area contributed by atoms with E-state index in [1.807, 2.05) is 0 Å². The van der Waals surface area contributed by atoms with Gasteiger partial charge in [0.25, 0.3) is 5.91 Å². The Morgan fingerprint density at radius 2 is 1.87 bits per heavy atom. The first-order valence-corrected chi connectivity index (χ1v) is 7.67. The van der Waals surface area contributed by atoms with Crippen LogP contribution in [-0.2, 0) is 0 Å². The fraction of sp³-hybridized carbons (Fsp3) is 0.294. The Labute approximate surface area is 135 Å². The molecule has 23 heavy (non-hydrogen) atoms. The third-order valence-corrected chi connectivity index (χ3v) is 3.23. The van der Waals surface area contributed by atoms with Crippen LogP contribution in [0.1, 0.15) is 36.5 Å². The van der Waals surface area contributed by atoms with Crippen LogP contribution in [-0.4, -0.2) is 18.5 Å². The molecule has 0 saturated carbocycles. The lowest BCUT2D eigenvalue weighted by molar-refractivity contribution is 0.102. The third kappa shape index (κ3) is 5.50. The van der Waals surface area contributed by atoms with Crippen molar-refractivity contribution in [1.29, 1.82) is 0 Å². The first kappa shape index (κ1) is 16.6. The fourth-order valence-electron chi connectivity index (χ4n) is 2.02. The van der Waals surface area contributed by atoms with Gasteiger partial charge in [-0.2, -0.15) is 0 Å². The van der Waals surface area contributed by atoms with Crippen molar-refractivity contribution >= 4 is 23.3 Å². The van der Waals surface area contributed by atoms with Crippen LogP contribution in [0.25, 0.3) is 0 Å². The molecule has 0 aliphatic rings. The van der Waals surface area contributed by atoms with Crippen LogP contribution in [0.2, 0.25) is 0 Å². The molecule has 3 amide bonds. The van der Waals surface area contributed by atoms with Gasteiger partial charge in [0.05, 0.1) is 11.8 Å². The van der Waals surface area contributed by atoms with Crippen LogP contribution >= 0.6 is 0 Å². The summed E-state index contributed by atoms with van der Waals surface area (Å²) in [6.45, 7) is 2.76. The normalized spacial score (nSPS) is 10.1. The average molecular weight is 315 g/mol. The first-order valence-electron chi connectivity index (χ1n) is 7.67. The van der Waals surface area contributed by atoms with Gasteiger partial charge >= 0.3 is 6.03 Å². The minimum atomic E-state index is -0.264. The van der Waals surface area contributed by atoms with Gasteiger partial charge in [0.1, 0.15) is 6.26 Å². The highest BCUT2D eigenvalue weighted by molar-refractivity contribution is 6.04. The standard InChI is InChI=1S/C17H21N3O3/c1-2-3-4-9-18-17(22)20-15-7-5-6-14(11-15)19-16(21)13-8-10-23-12-13/h5-8,10-12H,2-4,9H2,1H3,(H,19,21)(H2,18,20,22). The van der Waals surface area contributed by atoms with Crippen LogP contribution in [0, 0.1) is 0 Å². The zero-order valence-electron chi connectivity index (χ0n) is 13.1. The van der Waals surface area contributed by atoms with Gasteiger partial charge < -0.3 is 20.4 Å². The Balaban J connectivity index is 1.87. The SMILES string of the molecule is CCCCCNC(=O)Nc1cccc(NC(=O)c2ccoc2)c1. The van der Waals surface area contributed by atoms with E-state index in [0.717, 1.165) is 19.3 Å². The van der Waals surface area contributed by atoms with E-state index in [2.05, 4.69) is 22.9 Å². The lowest BCUT2D eigenvalue weighted by atomic mass is 10.2. The molecule has 122 valence electrons. The molecule has 0 unspecified atom stereocenters. The molecule has 1 aromatic carbocycles. The summed E-state index contributed by atoms with van der Waals surface area (Å²) in [6.07, 6.45) is 5.99. The molecule has 3 N–H and O–H groups in total. The molecule has 2 rings (SSSR count). The summed E-state index contributed by atoms with van der Waals surface area (Å²) in [6, 6.07) is 8.31. The maximum absolute atomic E-state index is 11.9. The van der Waals surface area contributed by atoms with Crippen molar-refractivity contribution in [2.45, 2.75) is 26.2 Å². The van der Waals surface area contributed by atoms with Crippen LogP contribution in [0.5, 0.6) is 0 Å².